The molecule has 0 aromatic heterocycles. The van der Waals surface area contributed by atoms with E-state index < -0.39 is 0 Å². The molecule has 0 saturated carbocycles. The second kappa shape index (κ2) is 11.5. The van der Waals surface area contributed by atoms with Gasteiger partial charge in [0, 0.05) is 15.6 Å². The Morgan fingerprint density at radius 2 is 1.46 bits per heavy atom. The molecule has 0 fully saturated rings. The first-order chi connectivity index (χ1) is 13.5. The van der Waals surface area contributed by atoms with Crippen LogP contribution in [0.25, 0.3) is 0 Å². The number of benzene rings is 2. The molecule has 1 atom stereocenters. The number of unbranched alkanes of at least 4 members (excludes halogenated alkanes) is 1. The Balaban J connectivity index is 1.82. The quantitative estimate of drug-likeness (QED) is 0.525. The smallest absolute Gasteiger partial charge is 0.269 e. The largest absolute Gasteiger partial charge is 0.493 e. The highest BCUT2D eigenvalue weighted by molar-refractivity contribution is 9.10. The van der Waals surface area contributed by atoms with Gasteiger partial charge in [-0.25, -0.2) is 0 Å². The molecule has 5 nitrogen and oxygen atoms in total. The maximum Gasteiger partial charge on any atom is 0.269 e. The van der Waals surface area contributed by atoms with Crippen LogP contribution in [0.3, 0.4) is 0 Å². The minimum atomic E-state index is -0.383. The molecule has 0 radical (unpaired) electrons. The zero-order valence-corrected chi connectivity index (χ0v) is 17.9. The van der Waals surface area contributed by atoms with Crippen LogP contribution in [0.15, 0.2) is 53.0 Å². The molecule has 2 aromatic carbocycles. The number of halogens is 1. The van der Waals surface area contributed by atoms with Gasteiger partial charge in [-0.2, -0.15) is 0 Å². The second-order valence-electron chi connectivity index (χ2n) is 6.67. The third-order valence-electron chi connectivity index (χ3n) is 4.54. The molecular weight excluding hydrogens is 420 g/mol. The average molecular weight is 447 g/mol. The van der Waals surface area contributed by atoms with Gasteiger partial charge in [-0.3, -0.25) is 20.4 Å². The van der Waals surface area contributed by atoms with Gasteiger partial charge in [0.05, 0.1) is 6.61 Å². The zero-order valence-electron chi connectivity index (χ0n) is 16.3. The van der Waals surface area contributed by atoms with Gasteiger partial charge in [0.1, 0.15) is 5.75 Å². The van der Waals surface area contributed by atoms with Crippen molar-refractivity contribution in [3.63, 3.8) is 0 Å². The van der Waals surface area contributed by atoms with E-state index in [4.69, 9.17) is 4.74 Å². The van der Waals surface area contributed by atoms with Gasteiger partial charge >= 0.3 is 0 Å². The third-order valence-corrected chi connectivity index (χ3v) is 5.07. The van der Waals surface area contributed by atoms with Crippen LogP contribution in [0.5, 0.6) is 5.75 Å². The molecule has 2 aromatic rings. The summed E-state index contributed by atoms with van der Waals surface area (Å²) in [4.78, 5) is 24.2. The Kier molecular flexibility index (Phi) is 9.01. The van der Waals surface area contributed by atoms with Crippen LogP contribution >= 0.6 is 15.9 Å². The summed E-state index contributed by atoms with van der Waals surface area (Å²) in [5, 5.41) is 0. The van der Waals surface area contributed by atoms with Crippen LogP contribution < -0.4 is 15.6 Å². The van der Waals surface area contributed by atoms with Gasteiger partial charge < -0.3 is 4.74 Å². The van der Waals surface area contributed by atoms with E-state index in [1.54, 1.807) is 48.5 Å². The van der Waals surface area contributed by atoms with Gasteiger partial charge in [-0.15, -0.1) is 0 Å². The second-order valence-corrected chi connectivity index (χ2v) is 7.58. The number of hydrazine groups is 1. The Morgan fingerprint density at radius 1 is 0.929 bits per heavy atom. The first kappa shape index (κ1) is 22.0. The molecule has 2 amide bonds. The Labute approximate surface area is 175 Å². The fourth-order valence-corrected chi connectivity index (χ4v) is 2.94. The number of nitrogens with one attached hydrogen (secondary N) is 2. The highest BCUT2D eigenvalue weighted by atomic mass is 79.9. The molecule has 0 saturated heterocycles. The van der Waals surface area contributed by atoms with Crippen molar-refractivity contribution in [3.05, 3.63) is 64.1 Å². The molecule has 6 heteroatoms. The van der Waals surface area contributed by atoms with Gasteiger partial charge in [0.15, 0.2) is 0 Å². The van der Waals surface area contributed by atoms with Crippen molar-refractivity contribution in [2.24, 2.45) is 5.92 Å². The van der Waals surface area contributed by atoms with Gasteiger partial charge in [-0.05, 0) is 60.9 Å². The summed E-state index contributed by atoms with van der Waals surface area (Å²) in [6.45, 7) is 5.06. The highest BCUT2D eigenvalue weighted by Crippen LogP contribution is 2.17. The number of carbonyl (C=O) groups is 2. The summed E-state index contributed by atoms with van der Waals surface area (Å²) < 4.78 is 6.73. The number of hydrogen-bond acceptors (Lipinski definition) is 3. The molecule has 1 unspecified atom stereocenters. The van der Waals surface area contributed by atoms with Crippen LogP contribution in [0.4, 0.5) is 0 Å². The van der Waals surface area contributed by atoms with Crippen LogP contribution in [-0.4, -0.2) is 18.4 Å². The highest BCUT2D eigenvalue weighted by Gasteiger charge is 2.10. The van der Waals surface area contributed by atoms with Crippen molar-refractivity contribution >= 4 is 27.7 Å². The molecule has 0 aliphatic rings. The molecule has 0 bridgehead atoms. The Morgan fingerprint density at radius 3 is 1.96 bits per heavy atom. The number of ether oxygens (including phenoxy) is 1. The Bertz CT molecular complexity index is 760. The van der Waals surface area contributed by atoms with E-state index in [0.29, 0.717) is 23.7 Å². The molecule has 28 heavy (non-hydrogen) atoms. The number of hydrogen-bond donors (Lipinski definition) is 2. The van der Waals surface area contributed by atoms with Crippen molar-refractivity contribution in [3.8, 4) is 5.75 Å². The van der Waals surface area contributed by atoms with Gasteiger partial charge in [0.25, 0.3) is 11.8 Å². The van der Waals surface area contributed by atoms with Crippen molar-refractivity contribution in [2.45, 2.75) is 39.5 Å². The molecule has 2 N–H and O–H groups in total. The van der Waals surface area contributed by atoms with Crippen molar-refractivity contribution in [2.75, 3.05) is 6.61 Å². The summed E-state index contributed by atoms with van der Waals surface area (Å²) in [5.41, 5.74) is 5.74. The van der Waals surface area contributed by atoms with Crippen LogP contribution in [0.2, 0.25) is 0 Å². The zero-order chi connectivity index (χ0) is 20.4. The summed E-state index contributed by atoms with van der Waals surface area (Å²) in [6, 6.07) is 13.8. The molecule has 0 aliphatic heterocycles. The van der Waals surface area contributed by atoms with Crippen molar-refractivity contribution in [1.29, 1.82) is 0 Å². The van der Waals surface area contributed by atoms with Crippen molar-refractivity contribution < 1.29 is 14.3 Å². The van der Waals surface area contributed by atoms with E-state index >= 15 is 0 Å². The number of amides is 2. The van der Waals surface area contributed by atoms with Gasteiger partial charge in [0.2, 0.25) is 0 Å². The lowest BCUT2D eigenvalue weighted by Crippen LogP contribution is -2.41. The average Bonchev–Trinajstić information content (AvgIpc) is 2.73. The number of carbonyl (C=O) groups excluding carboxylic acids is 2. The maximum absolute atomic E-state index is 12.2. The third kappa shape index (κ3) is 7.00. The topological polar surface area (TPSA) is 67.4 Å². The Hall–Kier alpha value is -2.34. The normalized spacial score (nSPS) is 11.5. The first-order valence-electron chi connectivity index (χ1n) is 9.62. The van der Waals surface area contributed by atoms with E-state index in [-0.39, 0.29) is 11.8 Å². The van der Waals surface area contributed by atoms with E-state index in [1.165, 1.54) is 19.3 Å². The maximum atomic E-state index is 12.2. The fraction of sp³-hybridized carbons (Fsp3) is 0.364. The predicted molar refractivity (Wildman–Crippen MR) is 114 cm³/mol. The molecule has 0 spiro atoms. The molecular formula is C22H27BrN2O3. The lowest BCUT2D eigenvalue weighted by molar-refractivity contribution is 0.0846. The summed E-state index contributed by atoms with van der Waals surface area (Å²) in [5.74, 6) is 0.534. The number of rotatable bonds is 9. The summed E-state index contributed by atoms with van der Waals surface area (Å²) >= 11 is 3.32. The van der Waals surface area contributed by atoms with Crippen LogP contribution in [0.1, 0.15) is 60.2 Å². The molecule has 150 valence electrons. The lowest BCUT2D eigenvalue weighted by Gasteiger charge is -2.15. The molecule has 0 aliphatic carbocycles. The fourth-order valence-electron chi connectivity index (χ4n) is 2.67. The predicted octanol–water partition coefficient (Wildman–Crippen LogP) is 5.12. The first-order valence-corrected chi connectivity index (χ1v) is 10.4. The summed E-state index contributed by atoms with van der Waals surface area (Å²) in [6.07, 6.45) is 4.68. The SMILES string of the molecule is CCCCC(CC)COc1ccc(C(=O)NNC(=O)c2ccc(Br)cc2)cc1. The lowest BCUT2D eigenvalue weighted by atomic mass is 10.0. The van der Waals surface area contributed by atoms with Crippen molar-refractivity contribution in [1.82, 2.24) is 10.9 Å². The van der Waals surface area contributed by atoms with Gasteiger partial charge in [-0.1, -0.05) is 49.0 Å². The standard InChI is InChI=1S/C22H27BrN2O3/c1-3-5-6-16(4-2)15-28-20-13-9-18(10-14-20)22(27)25-24-21(26)17-7-11-19(23)12-8-17/h7-14,16H,3-6,15H2,1-2H3,(H,24,26)(H,25,27). The van der Waals surface area contributed by atoms with E-state index in [1.807, 2.05) is 0 Å². The molecule has 2 rings (SSSR count). The van der Waals surface area contributed by atoms with E-state index in [9.17, 15) is 9.59 Å². The van der Waals surface area contributed by atoms with Crippen LogP contribution in [-0.2, 0) is 0 Å². The monoisotopic (exact) mass is 446 g/mol. The van der Waals surface area contributed by atoms with E-state index in [2.05, 4.69) is 40.6 Å². The van der Waals surface area contributed by atoms with E-state index in [0.717, 1.165) is 16.6 Å². The molecule has 0 heterocycles. The summed E-state index contributed by atoms with van der Waals surface area (Å²) in [7, 11) is 0. The minimum absolute atomic E-state index is 0.376. The van der Waals surface area contributed by atoms with Crippen LogP contribution in [0, 0.1) is 5.92 Å². The minimum Gasteiger partial charge on any atom is -0.493 e.